The monoisotopic (exact) mass is 390 g/mol. The van der Waals surface area contributed by atoms with Crippen LogP contribution >= 0.6 is 11.6 Å². The van der Waals surface area contributed by atoms with E-state index in [1.165, 1.54) is 0 Å². The molecule has 5 heteroatoms. The van der Waals surface area contributed by atoms with Crippen molar-refractivity contribution in [2.45, 2.75) is 59.5 Å². The fourth-order valence-corrected chi connectivity index (χ4v) is 4.51. The molecule has 0 spiro atoms. The lowest BCUT2D eigenvalue weighted by molar-refractivity contribution is -0.129. The van der Waals surface area contributed by atoms with Gasteiger partial charge in [-0.2, -0.15) is 0 Å². The number of ether oxygens (including phenoxy) is 1. The van der Waals surface area contributed by atoms with Gasteiger partial charge in [0.25, 0.3) is 0 Å². The molecule has 4 nitrogen and oxygen atoms in total. The number of fused-ring (bicyclic) bond motifs is 1. The molecule has 0 amide bonds. The van der Waals surface area contributed by atoms with Crippen LogP contribution in [0.25, 0.3) is 0 Å². The predicted octanol–water partition coefficient (Wildman–Crippen LogP) is 5.06. The topological polar surface area (TPSA) is 63.6 Å². The second-order valence-corrected chi connectivity index (χ2v) is 8.55. The summed E-state index contributed by atoms with van der Waals surface area (Å²) in [5.41, 5.74) is 1.31. The van der Waals surface area contributed by atoms with Crippen LogP contribution in [-0.4, -0.2) is 23.3 Å². The molecule has 4 atom stereocenters. The average molecular weight is 391 g/mol. The van der Waals surface area contributed by atoms with Crippen molar-refractivity contribution >= 4 is 23.7 Å². The zero-order valence-corrected chi connectivity index (χ0v) is 17.1. The molecule has 2 aliphatic rings. The molecular formula is C22H27ClO4. The first-order valence-electron chi connectivity index (χ1n) is 9.58. The number of benzene rings is 1. The Kier molecular flexibility index (Phi) is 5.40. The number of carbonyl (C=O) groups is 2. The molecule has 1 aromatic carbocycles. The molecule has 1 fully saturated rings. The molecule has 1 aliphatic carbocycles. The van der Waals surface area contributed by atoms with Crippen LogP contribution in [0, 0.1) is 24.2 Å². The third-order valence-electron chi connectivity index (χ3n) is 6.78. The molecule has 3 rings (SSSR count). The molecular weight excluding hydrogens is 364 g/mol. The summed E-state index contributed by atoms with van der Waals surface area (Å²) < 4.78 is 6.08. The summed E-state index contributed by atoms with van der Waals surface area (Å²) in [7, 11) is 0. The van der Waals surface area contributed by atoms with Crippen molar-refractivity contribution in [2.75, 3.05) is 0 Å². The Bertz CT molecular complexity index is 813. The summed E-state index contributed by atoms with van der Waals surface area (Å²) in [6.07, 6.45) is 7.49. The Morgan fingerprint density at radius 3 is 2.63 bits per heavy atom. The van der Waals surface area contributed by atoms with Gasteiger partial charge >= 0.3 is 0 Å². The Hall–Kier alpha value is -1.81. The SMILES string of the molecule is Cc1c(Cl)c(O)c2c(c1C=O)OC(C=CC1(C)C(C)CCC(=O)C1C)CC2. The summed E-state index contributed by atoms with van der Waals surface area (Å²) in [6.45, 7) is 8.04. The summed E-state index contributed by atoms with van der Waals surface area (Å²) in [6, 6.07) is 0. The van der Waals surface area contributed by atoms with E-state index < -0.39 is 0 Å². The minimum Gasteiger partial charge on any atom is -0.506 e. The molecule has 0 radical (unpaired) electrons. The highest BCUT2D eigenvalue weighted by atomic mass is 35.5. The van der Waals surface area contributed by atoms with Gasteiger partial charge in [-0.3, -0.25) is 9.59 Å². The largest absolute Gasteiger partial charge is 0.506 e. The van der Waals surface area contributed by atoms with E-state index in [2.05, 4.69) is 19.9 Å². The number of carbonyl (C=O) groups excluding carboxylic acids is 2. The molecule has 0 bridgehead atoms. The highest BCUT2D eigenvalue weighted by Crippen LogP contribution is 2.46. The van der Waals surface area contributed by atoms with Gasteiger partial charge < -0.3 is 9.84 Å². The smallest absolute Gasteiger partial charge is 0.154 e. The van der Waals surface area contributed by atoms with Gasteiger partial charge in [-0.05, 0) is 49.2 Å². The Morgan fingerprint density at radius 2 is 1.96 bits per heavy atom. The van der Waals surface area contributed by atoms with Gasteiger partial charge in [0.1, 0.15) is 23.4 Å². The number of ketones is 1. The molecule has 1 aromatic rings. The van der Waals surface area contributed by atoms with E-state index in [0.717, 1.165) is 12.7 Å². The van der Waals surface area contributed by atoms with E-state index in [-0.39, 0.29) is 28.2 Å². The number of phenols is 1. The van der Waals surface area contributed by atoms with Crippen molar-refractivity contribution in [2.24, 2.45) is 17.3 Å². The number of allylic oxidation sites excluding steroid dienone is 1. The maximum atomic E-state index is 12.2. The van der Waals surface area contributed by atoms with Crippen LogP contribution in [0.1, 0.15) is 61.5 Å². The van der Waals surface area contributed by atoms with Crippen LogP contribution in [-0.2, 0) is 11.2 Å². The summed E-state index contributed by atoms with van der Waals surface area (Å²) in [5, 5.41) is 10.5. The van der Waals surface area contributed by atoms with Gasteiger partial charge in [-0.1, -0.05) is 38.4 Å². The van der Waals surface area contributed by atoms with Gasteiger partial charge in [0.05, 0.1) is 10.6 Å². The maximum absolute atomic E-state index is 12.2. The van der Waals surface area contributed by atoms with Crippen LogP contribution < -0.4 is 4.74 Å². The van der Waals surface area contributed by atoms with Crippen molar-refractivity contribution in [3.8, 4) is 11.5 Å². The number of halogens is 1. The standard InChI is InChI=1S/C22H27ClO4/c1-12-5-8-18(25)14(3)22(12,4)10-9-15-6-7-16-20(26)19(23)13(2)17(11-24)21(16)27-15/h9-12,14-15,26H,5-8H2,1-4H3. The molecule has 1 heterocycles. The highest BCUT2D eigenvalue weighted by Gasteiger charge is 2.42. The third kappa shape index (κ3) is 3.29. The number of aldehydes is 1. The Morgan fingerprint density at radius 1 is 1.26 bits per heavy atom. The van der Waals surface area contributed by atoms with Gasteiger partial charge in [0.15, 0.2) is 6.29 Å². The van der Waals surface area contributed by atoms with Gasteiger partial charge in [-0.15, -0.1) is 0 Å². The zero-order chi connectivity index (χ0) is 19.9. The minimum atomic E-state index is -0.204. The van der Waals surface area contributed by atoms with Crippen LogP contribution in [0.4, 0.5) is 0 Å². The third-order valence-corrected chi connectivity index (χ3v) is 7.25. The number of phenolic OH excluding ortho intramolecular Hbond substituents is 1. The van der Waals surface area contributed by atoms with Crippen LogP contribution in [0.3, 0.4) is 0 Å². The van der Waals surface area contributed by atoms with Crippen molar-refractivity contribution in [3.05, 3.63) is 33.9 Å². The first kappa shape index (κ1) is 19.9. The number of hydrogen-bond donors (Lipinski definition) is 1. The molecule has 1 saturated carbocycles. The Labute approximate surface area is 165 Å². The number of aromatic hydroxyl groups is 1. The summed E-state index contributed by atoms with van der Waals surface area (Å²) in [5.74, 6) is 1.13. The maximum Gasteiger partial charge on any atom is 0.154 e. The second-order valence-electron chi connectivity index (χ2n) is 8.17. The highest BCUT2D eigenvalue weighted by molar-refractivity contribution is 6.33. The second kappa shape index (κ2) is 7.31. The molecule has 146 valence electrons. The van der Waals surface area contributed by atoms with E-state index in [1.807, 2.05) is 13.0 Å². The molecule has 0 saturated heterocycles. The molecule has 0 aromatic heterocycles. The number of Topliss-reactive ketones (excluding diaryl/α,β-unsaturated/α-hetero) is 1. The quantitative estimate of drug-likeness (QED) is 0.578. The van der Waals surface area contributed by atoms with Crippen molar-refractivity contribution in [1.29, 1.82) is 0 Å². The van der Waals surface area contributed by atoms with E-state index in [1.54, 1.807) is 6.92 Å². The molecule has 27 heavy (non-hydrogen) atoms. The summed E-state index contributed by atoms with van der Waals surface area (Å²) >= 11 is 6.15. The lowest BCUT2D eigenvalue weighted by Crippen LogP contribution is -2.40. The van der Waals surface area contributed by atoms with Crippen molar-refractivity contribution in [3.63, 3.8) is 0 Å². The predicted molar refractivity (Wildman–Crippen MR) is 106 cm³/mol. The minimum absolute atomic E-state index is 0.00396. The van der Waals surface area contributed by atoms with E-state index in [4.69, 9.17) is 16.3 Å². The fourth-order valence-electron chi connectivity index (χ4n) is 4.29. The summed E-state index contributed by atoms with van der Waals surface area (Å²) in [4.78, 5) is 23.8. The van der Waals surface area contributed by atoms with Crippen molar-refractivity contribution in [1.82, 2.24) is 0 Å². The molecule has 1 N–H and O–H groups in total. The van der Waals surface area contributed by atoms with Gasteiger partial charge in [-0.25, -0.2) is 0 Å². The number of hydrogen-bond acceptors (Lipinski definition) is 4. The first-order chi connectivity index (χ1) is 12.7. The van der Waals surface area contributed by atoms with E-state index >= 15 is 0 Å². The number of rotatable bonds is 3. The lowest BCUT2D eigenvalue weighted by Gasteiger charge is -2.42. The fraction of sp³-hybridized carbons (Fsp3) is 0.545. The normalized spacial score (nSPS) is 30.9. The van der Waals surface area contributed by atoms with E-state index in [0.29, 0.717) is 53.4 Å². The van der Waals surface area contributed by atoms with Crippen LogP contribution in [0.15, 0.2) is 12.2 Å². The molecule has 4 unspecified atom stereocenters. The zero-order valence-electron chi connectivity index (χ0n) is 16.3. The Balaban J connectivity index is 1.89. The first-order valence-corrected chi connectivity index (χ1v) is 9.96. The van der Waals surface area contributed by atoms with Crippen LogP contribution in [0.2, 0.25) is 5.02 Å². The molecule has 1 aliphatic heterocycles. The lowest BCUT2D eigenvalue weighted by atomic mass is 9.61. The van der Waals surface area contributed by atoms with Gasteiger partial charge in [0.2, 0.25) is 0 Å². The van der Waals surface area contributed by atoms with Crippen molar-refractivity contribution < 1.29 is 19.4 Å². The van der Waals surface area contributed by atoms with Gasteiger partial charge in [0, 0.05) is 17.9 Å². The van der Waals surface area contributed by atoms with E-state index in [9.17, 15) is 14.7 Å². The average Bonchev–Trinajstić information content (AvgIpc) is 2.66. The van der Waals surface area contributed by atoms with Crippen LogP contribution in [0.5, 0.6) is 11.5 Å².